The molecule has 1 heterocycles. The van der Waals surface area contributed by atoms with Gasteiger partial charge in [0, 0.05) is 43.0 Å². The Balaban J connectivity index is 2.20. The molecular formula is C17H28FN3. The van der Waals surface area contributed by atoms with Crippen LogP contribution in [0.15, 0.2) is 18.2 Å². The summed E-state index contributed by atoms with van der Waals surface area (Å²) in [4.78, 5) is 4.73. The van der Waals surface area contributed by atoms with E-state index in [2.05, 4.69) is 49.0 Å². The zero-order chi connectivity index (χ0) is 15.4. The van der Waals surface area contributed by atoms with E-state index in [1.165, 1.54) is 0 Å². The first-order chi connectivity index (χ1) is 10.0. The molecule has 0 aliphatic carbocycles. The molecule has 0 radical (unpaired) electrons. The van der Waals surface area contributed by atoms with E-state index in [0.717, 1.165) is 37.3 Å². The van der Waals surface area contributed by atoms with E-state index >= 15 is 0 Å². The van der Waals surface area contributed by atoms with Crippen molar-refractivity contribution in [3.05, 3.63) is 29.6 Å². The van der Waals surface area contributed by atoms with Crippen molar-refractivity contribution >= 4 is 5.69 Å². The van der Waals surface area contributed by atoms with Gasteiger partial charge in [0.15, 0.2) is 0 Å². The minimum Gasteiger partial charge on any atom is -0.368 e. The molecule has 0 amide bonds. The molecule has 3 nitrogen and oxygen atoms in total. The molecule has 1 saturated heterocycles. The molecule has 0 bridgehead atoms. The predicted octanol–water partition coefficient (Wildman–Crippen LogP) is 2.85. The maximum Gasteiger partial charge on any atom is 0.129 e. The van der Waals surface area contributed by atoms with Gasteiger partial charge in [-0.1, -0.05) is 13.0 Å². The van der Waals surface area contributed by atoms with E-state index in [1.54, 1.807) is 6.07 Å². The Morgan fingerprint density at radius 3 is 2.52 bits per heavy atom. The van der Waals surface area contributed by atoms with Crippen molar-refractivity contribution in [3.8, 4) is 0 Å². The molecule has 1 aliphatic rings. The highest BCUT2D eigenvalue weighted by Crippen LogP contribution is 2.27. The summed E-state index contributed by atoms with van der Waals surface area (Å²) in [5.41, 5.74) is 1.85. The van der Waals surface area contributed by atoms with Crippen molar-refractivity contribution in [1.29, 1.82) is 0 Å². The molecule has 1 fully saturated rings. The quantitative estimate of drug-likeness (QED) is 0.842. The molecule has 2 atom stereocenters. The minimum atomic E-state index is -0.102. The Labute approximate surface area is 128 Å². The molecule has 0 spiro atoms. The van der Waals surface area contributed by atoms with Crippen LogP contribution in [0, 0.1) is 5.82 Å². The summed E-state index contributed by atoms with van der Waals surface area (Å²) >= 11 is 0. The average Bonchev–Trinajstić information content (AvgIpc) is 2.46. The molecule has 0 aromatic heterocycles. The van der Waals surface area contributed by atoms with Crippen LogP contribution in [-0.2, 0) is 6.54 Å². The SMILES string of the molecule is CCCNCc1c(F)cccc1N1CC(C)N(C)C(C)C1. The number of nitrogens with zero attached hydrogens (tertiary/aromatic N) is 2. The van der Waals surface area contributed by atoms with Crippen LogP contribution >= 0.6 is 0 Å². The molecule has 0 saturated carbocycles. The van der Waals surface area contributed by atoms with Gasteiger partial charge < -0.3 is 10.2 Å². The number of nitrogens with one attached hydrogen (secondary N) is 1. The third-order valence-corrected chi connectivity index (χ3v) is 4.52. The van der Waals surface area contributed by atoms with Crippen molar-refractivity contribution < 1.29 is 4.39 Å². The third-order valence-electron chi connectivity index (χ3n) is 4.52. The van der Waals surface area contributed by atoms with Gasteiger partial charge in [-0.05, 0) is 46.0 Å². The maximum atomic E-state index is 14.2. The largest absolute Gasteiger partial charge is 0.368 e. The second kappa shape index (κ2) is 7.23. The van der Waals surface area contributed by atoms with Crippen molar-refractivity contribution in [1.82, 2.24) is 10.2 Å². The predicted molar refractivity (Wildman–Crippen MR) is 87.3 cm³/mol. The number of benzene rings is 1. The third kappa shape index (κ3) is 3.74. The second-order valence-corrected chi connectivity index (χ2v) is 6.18. The Kier molecular flexibility index (Phi) is 5.59. The highest BCUT2D eigenvalue weighted by Gasteiger charge is 2.28. The Morgan fingerprint density at radius 2 is 1.90 bits per heavy atom. The van der Waals surface area contributed by atoms with E-state index in [1.807, 2.05) is 6.07 Å². The summed E-state index contributed by atoms with van der Waals surface area (Å²) in [7, 11) is 2.17. The lowest BCUT2D eigenvalue weighted by molar-refractivity contribution is 0.170. The van der Waals surface area contributed by atoms with Gasteiger partial charge in [-0.2, -0.15) is 0 Å². The Morgan fingerprint density at radius 1 is 1.24 bits per heavy atom. The molecule has 118 valence electrons. The summed E-state index contributed by atoms with van der Waals surface area (Å²) in [5, 5.41) is 3.33. The lowest BCUT2D eigenvalue weighted by atomic mass is 10.1. The van der Waals surface area contributed by atoms with Crippen LogP contribution in [0.25, 0.3) is 0 Å². The van der Waals surface area contributed by atoms with Gasteiger partial charge in [0.05, 0.1) is 0 Å². The van der Waals surface area contributed by atoms with E-state index in [9.17, 15) is 4.39 Å². The van der Waals surface area contributed by atoms with Crippen LogP contribution in [-0.4, -0.2) is 43.7 Å². The lowest BCUT2D eigenvalue weighted by Crippen LogP contribution is -2.55. The number of piperazine rings is 1. The molecule has 1 aliphatic heterocycles. The smallest absolute Gasteiger partial charge is 0.129 e. The first-order valence-corrected chi connectivity index (χ1v) is 7.99. The number of hydrogen-bond acceptors (Lipinski definition) is 3. The van der Waals surface area contributed by atoms with Gasteiger partial charge in [-0.25, -0.2) is 4.39 Å². The molecule has 1 aromatic rings. The molecule has 2 unspecified atom stereocenters. The molecule has 1 N–H and O–H groups in total. The minimum absolute atomic E-state index is 0.102. The standard InChI is InChI=1S/C17H28FN3/c1-5-9-19-10-15-16(18)7-6-8-17(15)21-11-13(2)20(4)14(3)12-21/h6-8,13-14,19H,5,9-12H2,1-4H3. The van der Waals surface area contributed by atoms with Gasteiger partial charge in [-0.3, -0.25) is 4.90 Å². The fraction of sp³-hybridized carbons (Fsp3) is 0.647. The van der Waals surface area contributed by atoms with Crippen LogP contribution < -0.4 is 10.2 Å². The van der Waals surface area contributed by atoms with E-state index in [-0.39, 0.29) is 5.82 Å². The Bertz CT molecular complexity index is 451. The fourth-order valence-corrected chi connectivity index (χ4v) is 3.01. The lowest BCUT2D eigenvalue weighted by Gasteiger charge is -2.44. The van der Waals surface area contributed by atoms with Crippen LogP contribution in [0.2, 0.25) is 0 Å². The zero-order valence-corrected chi connectivity index (χ0v) is 13.7. The maximum absolute atomic E-state index is 14.2. The topological polar surface area (TPSA) is 18.5 Å². The molecule has 21 heavy (non-hydrogen) atoms. The number of hydrogen-bond donors (Lipinski definition) is 1. The van der Waals surface area contributed by atoms with Gasteiger partial charge in [0.1, 0.15) is 5.82 Å². The average molecular weight is 293 g/mol. The summed E-state index contributed by atoms with van der Waals surface area (Å²) in [6.45, 7) is 10.0. The van der Waals surface area contributed by atoms with Crippen molar-refractivity contribution in [3.63, 3.8) is 0 Å². The van der Waals surface area contributed by atoms with Gasteiger partial charge in [0.25, 0.3) is 0 Å². The highest BCUT2D eigenvalue weighted by atomic mass is 19.1. The van der Waals surface area contributed by atoms with Crippen LogP contribution in [0.3, 0.4) is 0 Å². The highest BCUT2D eigenvalue weighted by molar-refractivity contribution is 5.55. The van der Waals surface area contributed by atoms with E-state index < -0.39 is 0 Å². The molecule has 2 rings (SSSR count). The van der Waals surface area contributed by atoms with Crippen molar-refractivity contribution in [2.75, 3.05) is 31.6 Å². The molecule has 1 aromatic carbocycles. The van der Waals surface area contributed by atoms with Crippen molar-refractivity contribution in [2.24, 2.45) is 0 Å². The van der Waals surface area contributed by atoms with E-state index in [0.29, 0.717) is 18.6 Å². The van der Waals surface area contributed by atoms with Crippen molar-refractivity contribution in [2.45, 2.75) is 45.8 Å². The number of anilines is 1. The molecule has 4 heteroatoms. The first-order valence-electron chi connectivity index (χ1n) is 7.99. The summed E-state index contributed by atoms with van der Waals surface area (Å²) in [5.74, 6) is -0.102. The molecular weight excluding hydrogens is 265 g/mol. The first kappa shape index (κ1) is 16.2. The van der Waals surface area contributed by atoms with Gasteiger partial charge in [0.2, 0.25) is 0 Å². The van der Waals surface area contributed by atoms with Crippen LogP contribution in [0.4, 0.5) is 10.1 Å². The number of rotatable bonds is 5. The summed E-state index contributed by atoms with van der Waals surface area (Å²) in [6.07, 6.45) is 1.06. The zero-order valence-electron chi connectivity index (χ0n) is 13.7. The van der Waals surface area contributed by atoms with Gasteiger partial charge in [-0.15, -0.1) is 0 Å². The number of halogens is 1. The normalized spacial score (nSPS) is 23.6. The van der Waals surface area contributed by atoms with E-state index in [4.69, 9.17) is 0 Å². The van der Waals surface area contributed by atoms with Gasteiger partial charge >= 0.3 is 0 Å². The van der Waals surface area contributed by atoms with Crippen LogP contribution in [0.1, 0.15) is 32.8 Å². The number of likely N-dealkylation sites (N-methyl/N-ethyl adjacent to an activating group) is 1. The summed E-state index contributed by atoms with van der Waals surface area (Å²) < 4.78 is 14.2. The summed E-state index contributed by atoms with van der Waals surface area (Å²) in [6, 6.07) is 6.40. The Hall–Kier alpha value is -1.13. The van der Waals surface area contributed by atoms with Crippen LogP contribution in [0.5, 0.6) is 0 Å². The monoisotopic (exact) mass is 293 g/mol. The second-order valence-electron chi connectivity index (χ2n) is 6.18. The fourth-order valence-electron chi connectivity index (χ4n) is 3.01.